The third-order valence-electron chi connectivity index (χ3n) is 3.19. The van der Waals surface area contributed by atoms with Crippen LogP contribution >= 0.6 is 11.6 Å². The van der Waals surface area contributed by atoms with Gasteiger partial charge >= 0.3 is 0 Å². The molecule has 0 atom stereocenters. The van der Waals surface area contributed by atoms with Crippen LogP contribution in [0.5, 0.6) is 0 Å². The lowest BCUT2D eigenvalue weighted by atomic mass is 10.0. The van der Waals surface area contributed by atoms with Crippen molar-refractivity contribution in [1.82, 2.24) is 4.98 Å². The zero-order valence-corrected chi connectivity index (χ0v) is 11.3. The minimum Gasteiger partial charge on any atom is -0.383 e. The fourth-order valence-corrected chi connectivity index (χ4v) is 2.56. The summed E-state index contributed by atoms with van der Waals surface area (Å²) >= 11 is 6.10. The van der Waals surface area contributed by atoms with Gasteiger partial charge in [0.05, 0.1) is 5.52 Å². The Labute approximate surface area is 116 Å². The normalized spacial score (nSPS) is 10.8. The molecule has 0 saturated heterocycles. The van der Waals surface area contributed by atoms with Crippen LogP contribution in [-0.4, -0.2) is 4.98 Å². The standard InChI is InChI=1S/C16H13ClN2/c1-10-7-13(17)8-12-9-14(16(18)19-15(10)12)11-5-3-2-4-6-11/h2-9H,1H3,(H2,18,19). The van der Waals surface area contributed by atoms with Gasteiger partial charge in [-0.2, -0.15) is 0 Å². The summed E-state index contributed by atoms with van der Waals surface area (Å²) in [5, 5.41) is 1.73. The molecule has 94 valence electrons. The molecule has 3 heteroatoms. The number of rotatable bonds is 1. The highest BCUT2D eigenvalue weighted by atomic mass is 35.5. The van der Waals surface area contributed by atoms with Crippen molar-refractivity contribution >= 4 is 28.3 Å². The zero-order chi connectivity index (χ0) is 13.4. The lowest BCUT2D eigenvalue weighted by Crippen LogP contribution is -1.96. The second kappa shape index (κ2) is 4.56. The molecule has 2 N–H and O–H groups in total. The maximum Gasteiger partial charge on any atom is 0.132 e. The van der Waals surface area contributed by atoms with Crippen LogP contribution in [0, 0.1) is 6.92 Å². The SMILES string of the molecule is Cc1cc(Cl)cc2cc(-c3ccccc3)c(N)nc12. The third kappa shape index (κ3) is 2.15. The van der Waals surface area contributed by atoms with Crippen molar-refractivity contribution in [1.29, 1.82) is 0 Å². The number of anilines is 1. The first-order chi connectivity index (χ1) is 9.15. The first-order valence-electron chi connectivity index (χ1n) is 6.07. The molecule has 19 heavy (non-hydrogen) atoms. The Morgan fingerprint density at radius 1 is 1.05 bits per heavy atom. The number of aromatic nitrogens is 1. The Bertz CT molecular complexity index is 752. The molecule has 0 unspecified atom stereocenters. The number of halogens is 1. The van der Waals surface area contributed by atoms with Gasteiger partial charge in [0.25, 0.3) is 0 Å². The quantitative estimate of drug-likeness (QED) is 0.708. The molecule has 0 spiro atoms. The number of pyridine rings is 1. The van der Waals surface area contributed by atoms with Gasteiger partial charge in [0.15, 0.2) is 0 Å². The minimum atomic E-state index is 0.545. The van der Waals surface area contributed by atoms with Gasteiger partial charge in [0, 0.05) is 16.0 Å². The van der Waals surface area contributed by atoms with Gasteiger partial charge in [-0.15, -0.1) is 0 Å². The molecule has 0 radical (unpaired) electrons. The fourth-order valence-electron chi connectivity index (χ4n) is 2.28. The van der Waals surface area contributed by atoms with Crippen LogP contribution in [-0.2, 0) is 0 Å². The van der Waals surface area contributed by atoms with E-state index in [-0.39, 0.29) is 0 Å². The lowest BCUT2D eigenvalue weighted by molar-refractivity contribution is 1.37. The molecule has 0 saturated carbocycles. The molecule has 0 amide bonds. The van der Waals surface area contributed by atoms with Crippen molar-refractivity contribution in [3.8, 4) is 11.1 Å². The van der Waals surface area contributed by atoms with Gasteiger partial charge in [-0.3, -0.25) is 0 Å². The van der Waals surface area contributed by atoms with Crippen LogP contribution < -0.4 is 5.73 Å². The number of aryl methyl sites for hydroxylation is 1. The predicted molar refractivity (Wildman–Crippen MR) is 81.3 cm³/mol. The van der Waals surface area contributed by atoms with E-state index in [2.05, 4.69) is 4.98 Å². The molecule has 0 fully saturated rings. The highest BCUT2D eigenvalue weighted by Gasteiger charge is 2.08. The summed E-state index contributed by atoms with van der Waals surface area (Å²) in [6.07, 6.45) is 0. The fraction of sp³-hybridized carbons (Fsp3) is 0.0625. The first-order valence-corrected chi connectivity index (χ1v) is 6.45. The van der Waals surface area contributed by atoms with E-state index in [4.69, 9.17) is 17.3 Å². The molecule has 3 rings (SSSR count). The Hall–Kier alpha value is -2.06. The van der Waals surface area contributed by atoms with Gasteiger partial charge < -0.3 is 5.73 Å². The number of fused-ring (bicyclic) bond motifs is 1. The third-order valence-corrected chi connectivity index (χ3v) is 3.41. The maximum absolute atomic E-state index is 6.10. The topological polar surface area (TPSA) is 38.9 Å². The minimum absolute atomic E-state index is 0.545. The van der Waals surface area contributed by atoms with Crippen molar-refractivity contribution in [3.63, 3.8) is 0 Å². The number of benzene rings is 2. The summed E-state index contributed by atoms with van der Waals surface area (Å²) in [7, 11) is 0. The lowest BCUT2D eigenvalue weighted by Gasteiger charge is -2.09. The van der Waals surface area contributed by atoms with E-state index >= 15 is 0 Å². The van der Waals surface area contributed by atoms with Gasteiger partial charge in [0.1, 0.15) is 5.82 Å². The van der Waals surface area contributed by atoms with Gasteiger partial charge in [-0.1, -0.05) is 41.9 Å². The zero-order valence-electron chi connectivity index (χ0n) is 10.5. The van der Waals surface area contributed by atoms with E-state index in [0.29, 0.717) is 5.82 Å². The Morgan fingerprint density at radius 3 is 2.53 bits per heavy atom. The van der Waals surface area contributed by atoms with E-state index in [1.165, 1.54) is 0 Å². The van der Waals surface area contributed by atoms with Crippen LogP contribution in [0.3, 0.4) is 0 Å². The smallest absolute Gasteiger partial charge is 0.132 e. The van der Waals surface area contributed by atoms with Crippen molar-refractivity contribution in [3.05, 3.63) is 59.1 Å². The maximum atomic E-state index is 6.10. The van der Waals surface area contributed by atoms with E-state index in [9.17, 15) is 0 Å². The van der Waals surface area contributed by atoms with Crippen molar-refractivity contribution in [2.75, 3.05) is 5.73 Å². The highest BCUT2D eigenvalue weighted by molar-refractivity contribution is 6.31. The summed E-state index contributed by atoms with van der Waals surface area (Å²) in [6, 6.07) is 15.9. The van der Waals surface area contributed by atoms with Crippen molar-refractivity contribution in [2.24, 2.45) is 0 Å². The second-order valence-electron chi connectivity index (χ2n) is 4.58. The molecule has 1 aromatic heterocycles. The summed E-state index contributed by atoms with van der Waals surface area (Å²) in [5.41, 5.74) is 10.0. The predicted octanol–water partition coefficient (Wildman–Crippen LogP) is 4.45. The van der Waals surface area contributed by atoms with Gasteiger partial charge in [-0.05, 0) is 36.2 Å². The van der Waals surface area contributed by atoms with Crippen molar-refractivity contribution < 1.29 is 0 Å². The molecule has 0 bridgehead atoms. The van der Waals surface area contributed by atoms with Crippen LogP contribution in [0.15, 0.2) is 48.5 Å². The largest absolute Gasteiger partial charge is 0.383 e. The van der Waals surface area contributed by atoms with Gasteiger partial charge in [0.2, 0.25) is 0 Å². The Kier molecular flexibility index (Phi) is 2.88. The molecule has 3 aromatic rings. The summed E-state index contributed by atoms with van der Waals surface area (Å²) in [6.45, 7) is 1.99. The van der Waals surface area contributed by atoms with E-state index in [1.54, 1.807) is 0 Å². The van der Waals surface area contributed by atoms with Crippen molar-refractivity contribution in [2.45, 2.75) is 6.92 Å². The summed E-state index contributed by atoms with van der Waals surface area (Å²) in [4.78, 5) is 4.51. The molecule has 1 heterocycles. The molecule has 2 aromatic carbocycles. The van der Waals surface area contributed by atoms with Crippen LogP contribution in [0.1, 0.15) is 5.56 Å². The highest BCUT2D eigenvalue weighted by Crippen LogP contribution is 2.30. The molecule has 0 aliphatic heterocycles. The molecular formula is C16H13ClN2. The van der Waals surface area contributed by atoms with E-state index in [0.717, 1.165) is 32.6 Å². The Balaban J connectivity index is 2.31. The molecule has 0 aliphatic carbocycles. The molecular weight excluding hydrogens is 256 g/mol. The summed E-state index contributed by atoms with van der Waals surface area (Å²) < 4.78 is 0. The van der Waals surface area contributed by atoms with Crippen LogP contribution in [0.25, 0.3) is 22.0 Å². The number of nitrogens with zero attached hydrogens (tertiary/aromatic N) is 1. The van der Waals surface area contributed by atoms with Gasteiger partial charge in [-0.25, -0.2) is 4.98 Å². The summed E-state index contributed by atoms with van der Waals surface area (Å²) in [5.74, 6) is 0.545. The average Bonchev–Trinajstić information content (AvgIpc) is 2.40. The van der Waals surface area contributed by atoms with E-state index < -0.39 is 0 Å². The Morgan fingerprint density at radius 2 is 1.79 bits per heavy atom. The number of nitrogen functional groups attached to an aromatic ring is 1. The number of hydrogen-bond acceptors (Lipinski definition) is 2. The second-order valence-corrected chi connectivity index (χ2v) is 5.02. The first kappa shape index (κ1) is 12.0. The monoisotopic (exact) mass is 268 g/mol. The van der Waals surface area contributed by atoms with Crippen LogP contribution in [0.4, 0.5) is 5.82 Å². The number of hydrogen-bond donors (Lipinski definition) is 1. The molecule has 2 nitrogen and oxygen atoms in total. The average molecular weight is 269 g/mol. The number of nitrogens with two attached hydrogens (primary N) is 1. The van der Waals surface area contributed by atoms with Crippen LogP contribution in [0.2, 0.25) is 5.02 Å². The van der Waals surface area contributed by atoms with E-state index in [1.807, 2.05) is 55.5 Å². The molecule has 0 aliphatic rings.